The highest BCUT2D eigenvalue weighted by molar-refractivity contribution is 7.99. The molecule has 0 aliphatic heterocycles. The average Bonchev–Trinajstić information content (AvgIpc) is 3.42. The Morgan fingerprint density at radius 2 is 1.88 bits per heavy atom. The Balaban J connectivity index is 1.40. The van der Waals surface area contributed by atoms with Gasteiger partial charge in [-0.1, -0.05) is 30.0 Å². The molecule has 9 nitrogen and oxygen atoms in total. The molecule has 0 saturated carbocycles. The Morgan fingerprint density at radius 3 is 2.59 bits per heavy atom. The number of thioether (sulfide) groups is 1. The largest absolute Gasteiger partial charge is 0.497 e. The van der Waals surface area contributed by atoms with Crippen molar-refractivity contribution < 1.29 is 18.3 Å². The zero-order chi connectivity index (χ0) is 22.5. The molecule has 0 unspecified atom stereocenters. The van der Waals surface area contributed by atoms with Crippen molar-refractivity contribution in [3.8, 4) is 11.4 Å². The van der Waals surface area contributed by atoms with Crippen molar-refractivity contribution in [3.05, 3.63) is 71.9 Å². The number of aromatic nitrogens is 6. The second-order valence-electron chi connectivity index (χ2n) is 6.50. The standard InChI is InChI=1S/C20H17F2N7O2S/c1-31-14-7-5-13(6-8-14)11-28-17(9-10-23-28)24-18(30)12-32-20-25-26-27-29(20)19-15(21)3-2-4-16(19)22/h2-10H,11-12H2,1H3,(H,24,30). The molecule has 2 aromatic heterocycles. The van der Waals surface area contributed by atoms with E-state index in [9.17, 15) is 13.6 Å². The van der Waals surface area contributed by atoms with Gasteiger partial charge in [0.2, 0.25) is 11.1 Å². The number of nitrogens with one attached hydrogen (secondary N) is 1. The summed E-state index contributed by atoms with van der Waals surface area (Å²) in [5, 5.41) is 17.9. The van der Waals surface area contributed by atoms with Gasteiger partial charge in [0.15, 0.2) is 11.6 Å². The minimum absolute atomic E-state index is 0.0792. The highest BCUT2D eigenvalue weighted by Crippen LogP contribution is 2.23. The minimum atomic E-state index is -0.814. The van der Waals surface area contributed by atoms with Crippen LogP contribution in [0, 0.1) is 11.6 Å². The van der Waals surface area contributed by atoms with E-state index >= 15 is 0 Å². The van der Waals surface area contributed by atoms with Crippen molar-refractivity contribution in [2.75, 3.05) is 18.2 Å². The topological polar surface area (TPSA) is 99.8 Å². The fraction of sp³-hybridized carbons (Fsp3) is 0.150. The first-order valence-corrected chi connectivity index (χ1v) is 10.3. The van der Waals surface area contributed by atoms with Crippen LogP contribution in [-0.4, -0.2) is 48.8 Å². The summed E-state index contributed by atoms with van der Waals surface area (Å²) < 4.78 is 35.8. The maximum absolute atomic E-state index is 14.0. The number of rotatable bonds is 8. The Hall–Kier alpha value is -3.80. The number of hydrogen-bond acceptors (Lipinski definition) is 7. The molecule has 0 spiro atoms. The molecule has 4 aromatic rings. The van der Waals surface area contributed by atoms with Crippen LogP contribution in [0.2, 0.25) is 0 Å². The Bertz CT molecular complexity index is 1210. The molecule has 32 heavy (non-hydrogen) atoms. The Labute approximate surface area is 185 Å². The van der Waals surface area contributed by atoms with Crippen molar-refractivity contribution in [2.45, 2.75) is 11.7 Å². The number of hydrogen-bond donors (Lipinski definition) is 1. The van der Waals surface area contributed by atoms with Gasteiger partial charge in [0.25, 0.3) is 0 Å². The lowest BCUT2D eigenvalue weighted by Crippen LogP contribution is -2.18. The van der Waals surface area contributed by atoms with Crippen molar-refractivity contribution in [2.24, 2.45) is 0 Å². The lowest BCUT2D eigenvalue weighted by molar-refractivity contribution is -0.113. The average molecular weight is 457 g/mol. The van der Waals surface area contributed by atoms with E-state index in [4.69, 9.17) is 4.74 Å². The van der Waals surface area contributed by atoms with Gasteiger partial charge in [-0.2, -0.15) is 9.78 Å². The zero-order valence-corrected chi connectivity index (χ0v) is 17.6. The van der Waals surface area contributed by atoms with Crippen LogP contribution in [0.25, 0.3) is 5.69 Å². The molecule has 2 heterocycles. The second-order valence-corrected chi connectivity index (χ2v) is 7.45. The summed E-state index contributed by atoms with van der Waals surface area (Å²) in [7, 11) is 1.60. The monoisotopic (exact) mass is 457 g/mol. The third kappa shape index (κ3) is 4.75. The molecule has 0 saturated heterocycles. The van der Waals surface area contributed by atoms with Crippen LogP contribution in [-0.2, 0) is 11.3 Å². The molecule has 1 amide bonds. The van der Waals surface area contributed by atoms with Gasteiger partial charge in [0.1, 0.15) is 17.3 Å². The van der Waals surface area contributed by atoms with Crippen molar-refractivity contribution in [1.82, 2.24) is 30.0 Å². The van der Waals surface area contributed by atoms with Gasteiger partial charge >= 0.3 is 0 Å². The smallest absolute Gasteiger partial charge is 0.235 e. The number of para-hydroxylation sites is 1. The number of methoxy groups -OCH3 is 1. The lowest BCUT2D eigenvalue weighted by Gasteiger charge is -2.10. The van der Waals surface area contributed by atoms with Gasteiger partial charge in [-0.3, -0.25) is 4.79 Å². The molecular weight excluding hydrogens is 440 g/mol. The Kier molecular flexibility index (Phi) is 6.40. The number of carbonyl (C=O) groups is 1. The van der Waals surface area contributed by atoms with E-state index in [1.54, 1.807) is 24.1 Å². The van der Waals surface area contributed by atoms with Crippen LogP contribution < -0.4 is 10.1 Å². The highest BCUT2D eigenvalue weighted by Gasteiger charge is 2.18. The fourth-order valence-electron chi connectivity index (χ4n) is 2.88. The number of carbonyl (C=O) groups excluding carboxylic acids is 1. The van der Waals surface area contributed by atoms with Crippen LogP contribution in [0.4, 0.5) is 14.6 Å². The zero-order valence-electron chi connectivity index (χ0n) is 16.8. The molecule has 0 radical (unpaired) electrons. The van der Waals surface area contributed by atoms with Gasteiger partial charge in [-0.05, 0) is 40.3 Å². The van der Waals surface area contributed by atoms with Gasteiger partial charge in [-0.15, -0.1) is 5.10 Å². The van der Waals surface area contributed by atoms with E-state index in [0.29, 0.717) is 12.4 Å². The number of tetrazole rings is 1. The maximum atomic E-state index is 14.0. The highest BCUT2D eigenvalue weighted by atomic mass is 32.2. The van der Waals surface area contributed by atoms with E-state index in [1.807, 2.05) is 24.3 Å². The lowest BCUT2D eigenvalue weighted by atomic mass is 10.2. The molecule has 164 valence electrons. The van der Waals surface area contributed by atoms with Crippen molar-refractivity contribution in [1.29, 1.82) is 0 Å². The molecular formula is C20H17F2N7O2S. The van der Waals surface area contributed by atoms with E-state index in [-0.39, 0.29) is 16.8 Å². The number of nitrogens with zero attached hydrogens (tertiary/aromatic N) is 6. The number of anilines is 1. The third-order valence-electron chi connectivity index (χ3n) is 4.40. The number of amides is 1. The molecule has 0 atom stereocenters. The summed E-state index contributed by atoms with van der Waals surface area (Å²) in [6.07, 6.45) is 1.58. The normalized spacial score (nSPS) is 10.8. The summed E-state index contributed by atoms with van der Waals surface area (Å²) in [4.78, 5) is 12.5. The van der Waals surface area contributed by atoms with E-state index in [1.165, 1.54) is 6.07 Å². The predicted octanol–water partition coefficient (Wildman–Crippen LogP) is 2.92. The number of benzene rings is 2. The van der Waals surface area contributed by atoms with Gasteiger partial charge in [-0.25, -0.2) is 13.5 Å². The fourth-order valence-corrected chi connectivity index (χ4v) is 3.56. The van der Waals surface area contributed by atoms with Gasteiger partial charge < -0.3 is 10.1 Å². The summed E-state index contributed by atoms with van der Waals surface area (Å²) in [6, 6.07) is 12.6. The first kappa shape index (κ1) is 21.4. The minimum Gasteiger partial charge on any atom is -0.497 e. The maximum Gasteiger partial charge on any atom is 0.235 e. The molecule has 4 rings (SSSR count). The summed E-state index contributed by atoms with van der Waals surface area (Å²) >= 11 is 0.948. The summed E-state index contributed by atoms with van der Waals surface area (Å²) in [5.74, 6) is -0.805. The van der Waals surface area contributed by atoms with Crippen LogP contribution >= 0.6 is 11.8 Å². The van der Waals surface area contributed by atoms with Crippen molar-refractivity contribution >= 4 is 23.5 Å². The van der Waals surface area contributed by atoms with Crippen molar-refractivity contribution in [3.63, 3.8) is 0 Å². The Morgan fingerprint density at radius 1 is 1.12 bits per heavy atom. The number of ether oxygens (including phenoxy) is 1. The van der Waals surface area contributed by atoms with Crippen LogP contribution in [0.15, 0.2) is 59.9 Å². The molecule has 2 aromatic carbocycles. The predicted molar refractivity (Wildman–Crippen MR) is 113 cm³/mol. The SMILES string of the molecule is COc1ccc(Cn2nccc2NC(=O)CSc2nnnn2-c2c(F)cccc2F)cc1. The molecule has 0 aliphatic carbocycles. The van der Waals surface area contributed by atoms with E-state index in [0.717, 1.165) is 39.9 Å². The molecule has 12 heteroatoms. The molecule has 0 fully saturated rings. The van der Waals surface area contributed by atoms with Gasteiger partial charge in [0.05, 0.1) is 25.6 Å². The van der Waals surface area contributed by atoms with E-state index < -0.39 is 17.3 Å². The third-order valence-corrected chi connectivity index (χ3v) is 5.32. The van der Waals surface area contributed by atoms with Crippen LogP contribution in [0.1, 0.15) is 5.56 Å². The van der Waals surface area contributed by atoms with Crippen LogP contribution in [0.5, 0.6) is 5.75 Å². The van der Waals surface area contributed by atoms with Gasteiger partial charge in [0, 0.05) is 6.07 Å². The number of halogens is 2. The summed E-state index contributed by atoms with van der Waals surface area (Å²) in [6.45, 7) is 0.449. The molecule has 0 aliphatic rings. The molecule has 1 N–H and O–H groups in total. The molecule has 0 bridgehead atoms. The van der Waals surface area contributed by atoms with E-state index in [2.05, 4.69) is 25.9 Å². The van der Waals surface area contributed by atoms with Crippen LogP contribution in [0.3, 0.4) is 0 Å². The quantitative estimate of drug-likeness (QED) is 0.406. The first-order valence-electron chi connectivity index (χ1n) is 9.35. The summed E-state index contributed by atoms with van der Waals surface area (Å²) in [5.41, 5.74) is 0.573. The first-order chi connectivity index (χ1) is 15.5. The second kappa shape index (κ2) is 9.56.